The average molecular weight is 639 g/mol. The molecule has 7 aromatic carbocycles. The van der Waals surface area contributed by atoms with Gasteiger partial charge in [-0.2, -0.15) is 0 Å². The van der Waals surface area contributed by atoms with Crippen molar-refractivity contribution >= 4 is 49.2 Å². The first-order valence-electron chi connectivity index (χ1n) is 17.5. The van der Waals surface area contributed by atoms with Crippen LogP contribution in [0.25, 0.3) is 82.8 Å². The van der Waals surface area contributed by atoms with Crippen LogP contribution in [0.2, 0.25) is 0 Å². The molecular formula is C48H34N2. The van der Waals surface area contributed by atoms with Crippen LogP contribution in [0, 0.1) is 0 Å². The first-order valence-corrected chi connectivity index (χ1v) is 17.5. The maximum atomic E-state index is 2.46. The second kappa shape index (κ2) is 11.6. The Labute approximate surface area is 291 Å². The smallest absolute Gasteiger partial charge is 0.0619 e. The summed E-state index contributed by atoms with van der Waals surface area (Å²) in [6.07, 6.45) is 9.14. The number of fused-ring (bicyclic) bond motifs is 6. The van der Waals surface area contributed by atoms with Crippen LogP contribution in [0.4, 0.5) is 0 Å². The molecule has 0 amide bonds. The van der Waals surface area contributed by atoms with Crippen LogP contribution >= 0.6 is 0 Å². The molecule has 1 aliphatic rings. The minimum absolute atomic E-state index is 1.09. The zero-order chi connectivity index (χ0) is 33.0. The summed E-state index contributed by atoms with van der Waals surface area (Å²) in [4.78, 5) is 0. The summed E-state index contributed by atoms with van der Waals surface area (Å²) in [7, 11) is 0. The van der Waals surface area contributed by atoms with Crippen LogP contribution in [0.3, 0.4) is 0 Å². The predicted molar refractivity (Wildman–Crippen MR) is 212 cm³/mol. The van der Waals surface area contributed by atoms with Crippen molar-refractivity contribution in [3.63, 3.8) is 0 Å². The van der Waals surface area contributed by atoms with Gasteiger partial charge in [0.15, 0.2) is 0 Å². The van der Waals surface area contributed by atoms with Gasteiger partial charge in [0.2, 0.25) is 0 Å². The van der Waals surface area contributed by atoms with Gasteiger partial charge in [0.25, 0.3) is 0 Å². The van der Waals surface area contributed by atoms with E-state index in [2.05, 4.69) is 191 Å². The van der Waals surface area contributed by atoms with Gasteiger partial charge >= 0.3 is 0 Å². The van der Waals surface area contributed by atoms with Gasteiger partial charge < -0.3 is 9.13 Å². The van der Waals surface area contributed by atoms with Gasteiger partial charge in [-0.25, -0.2) is 0 Å². The maximum Gasteiger partial charge on any atom is 0.0619 e. The Morgan fingerprint density at radius 3 is 1.62 bits per heavy atom. The first-order chi connectivity index (χ1) is 24.8. The van der Waals surface area contributed by atoms with Crippen LogP contribution in [0.5, 0.6) is 0 Å². The number of hydrogen-bond acceptors (Lipinski definition) is 0. The Morgan fingerprint density at radius 2 is 0.940 bits per heavy atom. The molecule has 0 unspecified atom stereocenters. The van der Waals surface area contributed by atoms with Crippen molar-refractivity contribution in [1.82, 2.24) is 9.13 Å². The standard InChI is InChI=1S/C48H34N2/c1-5-14-33(15-6-1)35-25-28-47-42(30-35)41-23-13-22-40(48(41)50(47)39-20-11-4-12-21-39)37-26-29-46-44(32-37)43-31-36(34-16-7-2-8-17-34)24-27-45(43)49(46)38-18-9-3-10-19-38/h2-5,7-32H,1,6H2. The van der Waals surface area contributed by atoms with Crippen molar-refractivity contribution in [1.29, 1.82) is 0 Å². The fourth-order valence-electron chi connectivity index (χ4n) is 8.01. The van der Waals surface area contributed by atoms with Crippen LogP contribution in [-0.4, -0.2) is 9.13 Å². The molecule has 0 N–H and O–H groups in total. The lowest BCUT2D eigenvalue weighted by molar-refractivity contribution is 1.04. The van der Waals surface area contributed by atoms with E-state index >= 15 is 0 Å². The second-order valence-electron chi connectivity index (χ2n) is 13.2. The van der Waals surface area contributed by atoms with E-state index in [1.54, 1.807) is 0 Å². The van der Waals surface area contributed by atoms with Gasteiger partial charge in [0.1, 0.15) is 0 Å². The van der Waals surface area contributed by atoms with E-state index in [1.165, 1.54) is 82.7 Å². The zero-order valence-corrected chi connectivity index (χ0v) is 27.6. The molecule has 0 atom stereocenters. The van der Waals surface area contributed by atoms with Gasteiger partial charge in [0.05, 0.1) is 22.1 Å². The number of para-hydroxylation sites is 3. The minimum Gasteiger partial charge on any atom is -0.309 e. The Morgan fingerprint density at radius 1 is 0.380 bits per heavy atom. The molecule has 0 fully saturated rings. The van der Waals surface area contributed by atoms with Crippen molar-refractivity contribution in [2.24, 2.45) is 0 Å². The fraction of sp³-hybridized carbons (Fsp3) is 0.0417. The third kappa shape index (κ3) is 4.57. The highest BCUT2D eigenvalue weighted by Crippen LogP contribution is 2.42. The highest BCUT2D eigenvalue weighted by Gasteiger charge is 2.19. The van der Waals surface area contributed by atoms with E-state index in [0.717, 1.165) is 18.5 Å². The van der Waals surface area contributed by atoms with Gasteiger partial charge in [-0.05, 0) is 101 Å². The summed E-state index contributed by atoms with van der Waals surface area (Å²) in [5.74, 6) is 0. The topological polar surface area (TPSA) is 9.86 Å². The average Bonchev–Trinajstić information content (AvgIpc) is 3.71. The molecule has 0 radical (unpaired) electrons. The molecule has 236 valence electrons. The second-order valence-corrected chi connectivity index (χ2v) is 13.2. The number of aromatic nitrogens is 2. The Hall–Kier alpha value is -6.38. The maximum absolute atomic E-state index is 2.46. The summed E-state index contributed by atoms with van der Waals surface area (Å²) < 4.78 is 4.86. The molecule has 9 aromatic rings. The van der Waals surface area contributed by atoms with E-state index in [0.29, 0.717) is 0 Å². The molecule has 2 nitrogen and oxygen atoms in total. The van der Waals surface area contributed by atoms with Gasteiger partial charge in [-0.15, -0.1) is 0 Å². The van der Waals surface area contributed by atoms with Crippen LogP contribution in [-0.2, 0) is 0 Å². The highest BCUT2D eigenvalue weighted by molar-refractivity contribution is 6.16. The summed E-state index contributed by atoms with van der Waals surface area (Å²) in [6, 6.07) is 60.0. The molecule has 0 saturated carbocycles. The minimum atomic E-state index is 1.09. The van der Waals surface area contributed by atoms with Gasteiger partial charge in [-0.1, -0.05) is 121 Å². The van der Waals surface area contributed by atoms with E-state index in [1.807, 2.05) is 0 Å². The summed E-state index contributed by atoms with van der Waals surface area (Å²) in [5, 5.41) is 5.04. The molecule has 2 heterocycles. The lowest BCUT2D eigenvalue weighted by Crippen LogP contribution is -1.95. The molecule has 0 saturated heterocycles. The molecule has 0 aliphatic heterocycles. The SMILES string of the molecule is C1=CC(c2ccc3c(c2)c2cccc(-c4ccc5c(c4)c4cc(-c6ccccc6)ccc4n5-c4ccccc4)c2n3-c2ccccc2)=CCC1. The molecule has 2 heteroatoms. The fourth-order valence-corrected chi connectivity index (χ4v) is 8.01. The monoisotopic (exact) mass is 638 g/mol. The summed E-state index contributed by atoms with van der Waals surface area (Å²) in [5.41, 5.74) is 14.7. The number of benzene rings is 7. The molecule has 0 spiro atoms. The molecule has 2 aromatic heterocycles. The lowest BCUT2D eigenvalue weighted by atomic mass is 9.97. The van der Waals surface area contributed by atoms with Gasteiger partial charge in [0, 0.05) is 38.5 Å². The van der Waals surface area contributed by atoms with Crippen LogP contribution < -0.4 is 0 Å². The van der Waals surface area contributed by atoms with Crippen molar-refractivity contribution in [3.8, 4) is 33.6 Å². The number of allylic oxidation sites excluding steroid dienone is 4. The first kappa shape index (κ1) is 28.6. The van der Waals surface area contributed by atoms with E-state index in [9.17, 15) is 0 Å². The van der Waals surface area contributed by atoms with Crippen LogP contribution in [0.15, 0.2) is 182 Å². The van der Waals surface area contributed by atoms with Crippen molar-refractivity contribution < 1.29 is 0 Å². The molecule has 1 aliphatic carbocycles. The van der Waals surface area contributed by atoms with E-state index in [-0.39, 0.29) is 0 Å². The largest absolute Gasteiger partial charge is 0.309 e. The number of rotatable bonds is 5. The third-order valence-corrected chi connectivity index (χ3v) is 10.3. The van der Waals surface area contributed by atoms with Crippen LogP contribution in [0.1, 0.15) is 18.4 Å². The number of hydrogen-bond donors (Lipinski definition) is 0. The Kier molecular flexibility index (Phi) is 6.67. The molecule has 50 heavy (non-hydrogen) atoms. The Bertz CT molecular complexity index is 2780. The normalized spacial score (nSPS) is 13.1. The lowest BCUT2D eigenvalue weighted by Gasteiger charge is -2.12. The zero-order valence-electron chi connectivity index (χ0n) is 27.6. The molecular weight excluding hydrogens is 605 g/mol. The molecule has 10 rings (SSSR count). The number of nitrogens with zero attached hydrogens (tertiary/aromatic N) is 2. The quantitative estimate of drug-likeness (QED) is 0.178. The third-order valence-electron chi connectivity index (χ3n) is 10.3. The van der Waals surface area contributed by atoms with E-state index < -0.39 is 0 Å². The van der Waals surface area contributed by atoms with E-state index in [4.69, 9.17) is 0 Å². The highest BCUT2D eigenvalue weighted by atomic mass is 15.0. The summed E-state index contributed by atoms with van der Waals surface area (Å²) >= 11 is 0. The molecule has 0 bridgehead atoms. The predicted octanol–water partition coefficient (Wildman–Crippen LogP) is 12.9. The van der Waals surface area contributed by atoms with Crippen molar-refractivity contribution in [3.05, 3.63) is 188 Å². The van der Waals surface area contributed by atoms with Gasteiger partial charge in [-0.3, -0.25) is 0 Å². The Balaban J connectivity index is 1.25. The van der Waals surface area contributed by atoms with Crippen molar-refractivity contribution in [2.45, 2.75) is 12.8 Å². The summed E-state index contributed by atoms with van der Waals surface area (Å²) in [6.45, 7) is 0. The van der Waals surface area contributed by atoms with Crippen molar-refractivity contribution in [2.75, 3.05) is 0 Å².